The van der Waals surface area contributed by atoms with Gasteiger partial charge in [-0.05, 0) is 60.4 Å². The number of carbonyl (C=O) groups excluding carboxylic acids is 2. The Bertz CT molecular complexity index is 1160. The third kappa shape index (κ3) is 8.09. The second-order valence-electron chi connectivity index (χ2n) is 9.66. The van der Waals surface area contributed by atoms with Crippen LogP contribution in [0, 0.1) is 0 Å². The van der Waals surface area contributed by atoms with Crippen molar-refractivity contribution in [3.05, 3.63) is 94.5 Å². The zero-order chi connectivity index (χ0) is 26.7. The van der Waals surface area contributed by atoms with E-state index in [4.69, 9.17) is 9.47 Å². The molecule has 6 nitrogen and oxygen atoms in total. The summed E-state index contributed by atoms with van der Waals surface area (Å²) >= 11 is 3.48. The Kier molecular flexibility index (Phi) is 10.2. The molecule has 0 radical (unpaired) electrons. The molecule has 1 unspecified atom stereocenters. The minimum Gasteiger partial charge on any atom is -0.497 e. The zero-order valence-electron chi connectivity index (χ0n) is 21.8. The lowest BCUT2D eigenvalue weighted by Crippen LogP contribution is -2.53. The highest BCUT2D eigenvalue weighted by Gasteiger charge is 2.32. The summed E-state index contributed by atoms with van der Waals surface area (Å²) < 4.78 is 12.0. The predicted octanol–water partition coefficient (Wildman–Crippen LogP) is 5.93. The van der Waals surface area contributed by atoms with Gasteiger partial charge in [0.25, 0.3) is 5.91 Å². The molecule has 1 N–H and O–H groups in total. The van der Waals surface area contributed by atoms with Crippen LogP contribution >= 0.6 is 15.9 Å². The largest absolute Gasteiger partial charge is 0.497 e. The number of ether oxygens (including phenoxy) is 2. The lowest BCUT2D eigenvalue weighted by atomic mass is 9.94. The van der Waals surface area contributed by atoms with Crippen molar-refractivity contribution in [3.63, 3.8) is 0 Å². The van der Waals surface area contributed by atoms with Crippen molar-refractivity contribution in [2.24, 2.45) is 0 Å². The molecule has 1 aliphatic rings. The quantitative estimate of drug-likeness (QED) is 0.306. The number of carbonyl (C=O) groups is 2. The molecule has 4 rings (SSSR count). The standard InChI is InChI=1S/C31H35BrN2O4/c1-37-27-16-18-28(19-17-27)38-22-30(35)34(21-24-12-14-25(32)15-13-24)29(20-23-8-4-2-5-9-23)31(36)33-26-10-6-3-7-11-26/h2,4-5,8-9,12-19,26,29H,3,6-7,10-11,20-22H2,1H3,(H,33,36). The highest BCUT2D eigenvalue weighted by Crippen LogP contribution is 2.21. The smallest absolute Gasteiger partial charge is 0.261 e. The van der Waals surface area contributed by atoms with Crippen LogP contribution in [0.3, 0.4) is 0 Å². The van der Waals surface area contributed by atoms with E-state index in [0.29, 0.717) is 24.5 Å². The van der Waals surface area contributed by atoms with Gasteiger partial charge in [-0.25, -0.2) is 0 Å². The van der Waals surface area contributed by atoms with E-state index in [0.717, 1.165) is 41.3 Å². The van der Waals surface area contributed by atoms with Crippen molar-refractivity contribution in [2.45, 2.75) is 57.2 Å². The Morgan fingerprint density at radius 1 is 0.895 bits per heavy atom. The number of hydrogen-bond donors (Lipinski definition) is 1. The number of rotatable bonds is 11. The normalized spacial score (nSPS) is 14.4. The summed E-state index contributed by atoms with van der Waals surface area (Å²) in [5, 5.41) is 3.26. The van der Waals surface area contributed by atoms with E-state index in [2.05, 4.69) is 21.2 Å². The van der Waals surface area contributed by atoms with Crippen molar-refractivity contribution < 1.29 is 19.1 Å². The molecule has 1 saturated carbocycles. The van der Waals surface area contributed by atoms with E-state index in [9.17, 15) is 9.59 Å². The molecule has 0 spiro atoms. The van der Waals surface area contributed by atoms with Crippen LogP contribution in [0.15, 0.2) is 83.3 Å². The van der Waals surface area contributed by atoms with Crippen LogP contribution in [-0.4, -0.2) is 42.5 Å². The monoisotopic (exact) mass is 578 g/mol. The molecule has 3 aromatic carbocycles. The zero-order valence-corrected chi connectivity index (χ0v) is 23.4. The van der Waals surface area contributed by atoms with Crippen molar-refractivity contribution in [1.82, 2.24) is 10.2 Å². The summed E-state index contributed by atoms with van der Waals surface area (Å²) in [7, 11) is 1.60. The van der Waals surface area contributed by atoms with Gasteiger partial charge >= 0.3 is 0 Å². The lowest BCUT2D eigenvalue weighted by Gasteiger charge is -2.33. The number of nitrogens with zero attached hydrogens (tertiary/aromatic N) is 1. The molecular weight excluding hydrogens is 544 g/mol. The molecule has 2 amide bonds. The molecule has 0 aromatic heterocycles. The lowest BCUT2D eigenvalue weighted by molar-refractivity contribution is -0.143. The Morgan fingerprint density at radius 3 is 2.21 bits per heavy atom. The number of methoxy groups -OCH3 is 1. The van der Waals surface area contributed by atoms with Gasteiger partial charge in [0.1, 0.15) is 17.5 Å². The molecule has 200 valence electrons. The van der Waals surface area contributed by atoms with Crippen LogP contribution in [0.25, 0.3) is 0 Å². The molecule has 0 heterocycles. The van der Waals surface area contributed by atoms with E-state index < -0.39 is 6.04 Å². The highest BCUT2D eigenvalue weighted by atomic mass is 79.9. The van der Waals surface area contributed by atoms with E-state index in [1.54, 1.807) is 36.3 Å². The first kappa shape index (κ1) is 27.7. The molecule has 0 aliphatic heterocycles. The Morgan fingerprint density at radius 2 is 1.55 bits per heavy atom. The SMILES string of the molecule is COc1ccc(OCC(=O)N(Cc2ccc(Br)cc2)C(Cc2ccccc2)C(=O)NC2CCCCC2)cc1. The molecule has 1 fully saturated rings. The van der Waals surface area contributed by atoms with E-state index in [-0.39, 0.29) is 24.5 Å². The van der Waals surface area contributed by atoms with Gasteiger partial charge < -0.3 is 19.7 Å². The van der Waals surface area contributed by atoms with Gasteiger partial charge in [-0.2, -0.15) is 0 Å². The van der Waals surface area contributed by atoms with E-state index in [1.807, 2.05) is 54.6 Å². The van der Waals surface area contributed by atoms with Gasteiger partial charge in [-0.3, -0.25) is 9.59 Å². The van der Waals surface area contributed by atoms with Gasteiger partial charge in [-0.1, -0.05) is 77.7 Å². The Balaban J connectivity index is 1.58. The summed E-state index contributed by atoms with van der Waals surface area (Å²) in [5.74, 6) is 0.913. The molecule has 0 bridgehead atoms. The van der Waals surface area contributed by atoms with Gasteiger partial charge in [0.2, 0.25) is 5.91 Å². The van der Waals surface area contributed by atoms with Gasteiger partial charge in [0.05, 0.1) is 7.11 Å². The number of hydrogen-bond acceptors (Lipinski definition) is 4. The molecule has 38 heavy (non-hydrogen) atoms. The number of nitrogens with one attached hydrogen (secondary N) is 1. The van der Waals surface area contributed by atoms with Crippen LogP contribution in [0.2, 0.25) is 0 Å². The first-order chi connectivity index (χ1) is 18.5. The number of amides is 2. The highest BCUT2D eigenvalue weighted by molar-refractivity contribution is 9.10. The Hall–Kier alpha value is -3.32. The number of benzene rings is 3. The maximum absolute atomic E-state index is 13.8. The molecular formula is C31H35BrN2O4. The molecule has 0 saturated heterocycles. The first-order valence-electron chi connectivity index (χ1n) is 13.2. The summed E-state index contributed by atoms with van der Waals surface area (Å²) in [6.07, 6.45) is 5.81. The molecule has 7 heteroatoms. The molecule has 1 atom stereocenters. The maximum atomic E-state index is 13.8. The topological polar surface area (TPSA) is 67.9 Å². The van der Waals surface area contributed by atoms with Gasteiger partial charge in [0.15, 0.2) is 6.61 Å². The summed E-state index contributed by atoms with van der Waals surface area (Å²) in [6, 6.07) is 24.3. The fourth-order valence-electron chi connectivity index (χ4n) is 4.78. The third-order valence-corrected chi connectivity index (χ3v) is 7.44. The van der Waals surface area contributed by atoms with Crippen molar-refractivity contribution in [1.29, 1.82) is 0 Å². The van der Waals surface area contributed by atoms with Crippen molar-refractivity contribution in [2.75, 3.05) is 13.7 Å². The molecule has 1 aliphatic carbocycles. The summed E-state index contributed by atoms with van der Waals surface area (Å²) in [6.45, 7) is 0.124. The van der Waals surface area contributed by atoms with Crippen LogP contribution in [0.4, 0.5) is 0 Å². The maximum Gasteiger partial charge on any atom is 0.261 e. The van der Waals surface area contributed by atoms with Crippen LogP contribution in [0.5, 0.6) is 11.5 Å². The second-order valence-corrected chi connectivity index (χ2v) is 10.6. The first-order valence-corrected chi connectivity index (χ1v) is 14.0. The average Bonchev–Trinajstić information content (AvgIpc) is 2.96. The minimum absolute atomic E-state index is 0.115. The minimum atomic E-state index is -0.671. The third-order valence-electron chi connectivity index (χ3n) is 6.91. The predicted molar refractivity (Wildman–Crippen MR) is 152 cm³/mol. The van der Waals surface area contributed by atoms with E-state index >= 15 is 0 Å². The number of halogens is 1. The summed E-state index contributed by atoms with van der Waals surface area (Å²) in [5.41, 5.74) is 1.94. The average molecular weight is 580 g/mol. The fraction of sp³-hybridized carbons (Fsp3) is 0.355. The van der Waals surface area contributed by atoms with Crippen molar-refractivity contribution >= 4 is 27.7 Å². The van der Waals surface area contributed by atoms with Crippen LogP contribution in [0.1, 0.15) is 43.2 Å². The van der Waals surface area contributed by atoms with Gasteiger partial charge in [-0.15, -0.1) is 0 Å². The van der Waals surface area contributed by atoms with Crippen LogP contribution in [-0.2, 0) is 22.6 Å². The molecule has 3 aromatic rings. The van der Waals surface area contributed by atoms with Crippen LogP contribution < -0.4 is 14.8 Å². The van der Waals surface area contributed by atoms with Crippen molar-refractivity contribution in [3.8, 4) is 11.5 Å². The van der Waals surface area contributed by atoms with Gasteiger partial charge in [0, 0.05) is 23.5 Å². The fourth-order valence-corrected chi connectivity index (χ4v) is 5.05. The summed E-state index contributed by atoms with van der Waals surface area (Å²) in [4.78, 5) is 29.2. The van der Waals surface area contributed by atoms with E-state index in [1.165, 1.54) is 6.42 Å². The second kappa shape index (κ2) is 14.0. The Labute approximate surface area is 233 Å².